The first-order valence-corrected chi connectivity index (χ1v) is 10.8. The molecule has 1 atom stereocenters. The molecule has 3 aromatic heterocycles. The van der Waals surface area contributed by atoms with Crippen molar-refractivity contribution >= 4 is 23.4 Å². The van der Waals surface area contributed by atoms with E-state index in [0.717, 1.165) is 34.2 Å². The van der Waals surface area contributed by atoms with E-state index in [1.54, 1.807) is 12.3 Å². The number of alkyl halides is 3. The Labute approximate surface area is 189 Å². The van der Waals surface area contributed by atoms with Gasteiger partial charge < -0.3 is 4.40 Å². The van der Waals surface area contributed by atoms with Crippen molar-refractivity contribution in [3.05, 3.63) is 58.6 Å². The molecule has 1 fully saturated rings. The molecule has 0 radical (unpaired) electrons. The Morgan fingerprint density at radius 2 is 1.91 bits per heavy atom. The Balaban J connectivity index is 1.69. The molecule has 0 bridgehead atoms. The summed E-state index contributed by atoms with van der Waals surface area (Å²) >= 11 is 6.08. The maximum absolute atomic E-state index is 12.7. The number of piperazine rings is 1. The summed E-state index contributed by atoms with van der Waals surface area (Å²) in [6, 6.07) is 7.41. The molecule has 1 aliphatic rings. The van der Waals surface area contributed by atoms with E-state index in [2.05, 4.69) is 14.3 Å². The number of aldehydes is 1. The summed E-state index contributed by atoms with van der Waals surface area (Å²) in [7, 11) is 0. The van der Waals surface area contributed by atoms with E-state index in [9.17, 15) is 18.0 Å². The van der Waals surface area contributed by atoms with Gasteiger partial charge in [0, 0.05) is 61.4 Å². The Hall–Kier alpha value is -2.42. The summed E-state index contributed by atoms with van der Waals surface area (Å²) in [6.07, 6.45) is 0.266. The van der Waals surface area contributed by atoms with Crippen molar-refractivity contribution in [2.75, 3.05) is 32.7 Å². The van der Waals surface area contributed by atoms with Crippen LogP contribution in [0.3, 0.4) is 0 Å². The molecule has 0 saturated carbocycles. The van der Waals surface area contributed by atoms with Crippen LogP contribution in [0.5, 0.6) is 0 Å². The molecule has 4 heterocycles. The van der Waals surface area contributed by atoms with E-state index in [4.69, 9.17) is 11.6 Å². The molecular formula is C23H24ClF3N4O. The summed E-state index contributed by atoms with van der Waals surface area (Å²) in [5.41, 5.74) is 5.12. The van der Waals surface area contributed by atoms with Gasteiger partial charge in [-0.05, 0) is 49.2 Å². The smallest absolute Gasteiger partial charge is 0.318 e. The first kappa shape index (κ1) is 22.8. The van der Waals surface area contributed by atoms with Gasteiger partial charge >= 0.3 is 6.18 Å². The molecule has 4 rings (SSSR count). The third-order valence-corrected chi connectivity index (χ3v) is 6.42. The number of hydrogen-bond acceptors (Lipinski definition) is 4. The van der Waals surface area contributed by atoms with Crippen LogP contribution in [0.15, 0.2) is 36.7 Å². The summed E-state index contributed by atoms with van der Waals surface area (Å²) in [6.45, 7) is 4.83. The van der Waals surface area contributed by atoms with E-state index in [0.29, 0.717) is 36.9 Å². The lowest BCUT2D eigenvalue weighted by molar-refractivity contribution is -0.149. The van der Waals surface area contributed by atoms with E-state index in [-0.39, 0.29) is 6.04 Å². The van der Waals surface area contributed by atoms with Gasteiger partial charge in [0.25, 0.3) is 0 Å². The Morgan fingerprint density at radius 1 is 1.19 bits per heavy atom. The maximum atomic E-state index is 12.7. The van der Waals surface area contributed by atoms with Gasteiger partial charge in [0.2, 0.25) is 0 Å². The molecule has 1 aliphatic heterocycles. The van der Waals surface area contributed by atoms with Crippen LogP contribution in [0.1, 0.15) is 34.6 Å². The van der Waals surface area contributed by atoms with Crippen LogP contribution >= 0.6 is 11.6 Å². The minimum Gasteiger partial charge on any atom is -0.318 e. The highest BCUT2D eigenvalue weighted by molar-refractivity contribution is 6.29. The highest BCUT2D eigenvalue weighted by atomic mass is 35.5. The molecule has 0 spiro atoms. The molecule has 0 N–H and O–H groups in total. The number of nitrogens with zero attached hydrogens (tertiary/aromatic N) is 4. The topological polar surface area (TPSA) is 40.9 Å². The average molecular weight is 465 g/mol. The molecule has 0 aliphatic carbocycles. The van der Waals surface area contributed by atoms with E-state index in [1.165, 1.54) is 4.90 Å². The number of carbonyl (C=O) groups excluding carboxylic acids is 1. The molecule has 9 heteroatoms. The maximum Gasteiger partial charge on any atom is 0.401 e. The number of halogens is 4. The lowest BCUT2D eigenvalue weighted by Crippen LogP contribution is -2.49. The second-order valence-electron chi connectivity index (χ2n) is 8.18. The first-order valence-electron chi connectivity index (χ1n) is 10.4. The number of rotatable bonds is 5. The number of fused-ring (bicyclic) bond motifs is 1. The zero-order valence-corrected chi connectivity index (χ0v) is 18.6. The third-order valence-electron chi connectivity index (χ3n) is 6.21. The zero-order valence-electron chi connectivity index (χ0n) is 17.9. The fourth-order valence-corrected chi connectivity index (χ4v) is 4.75. The van der Waals surface area contributed by atoms with Crippen molar-refractivity contribution in [3.8, 4) is 11.1 Å². The summed E-state index contributed by atoms with van der Waals surface area (Å²) < 4.78 is 40.3. The third kappa shape index (κ3) is 4.53. The minimum absolute atomic E-state index is 0.0771. The van der Waals surface area contributed by atoms with Crippen molar-refractivity contribution in [1.29, 1.82) is 0 Å². The first-order chi connectivity index (χ1) is 15.2. The van der Waals surface area contributed by atoms with Gasteiger partial charge in [-0.1, -0.05) is 11.6 Å². The predicted molar refractivity (Wildman–Crippen MR) is 118 cm³/mol. The lowest BCUT2D eigenvalue weighted by atomic mass is 10.00. The second kappa shape index (κ2) is 8.84. The van der Waals surface area contributed by atoms with Crippen molar-refractivity contribution in [1.82, 2.24) is 19.2 Å². The molecule has 32 heavy (non-hydrogen) atoms. The van der Waals surface area contributed by atoms with Gasteiger partial charge in [-0.2, -0.15) is 13.2 Å². The van der Waals surface area contributed by atoms with Crippen LogP contribution < -0.4 is 0 Å². The normalized spacial score (nSPS) is 17.1. The van der Waals surface area contributed by atoms with E-state index < -0.39 is 12.7 Å². The zero-order chi connectivity index (χ0) is 23.0. The fourth-order valence-electron chi connectivity index (χ4n) is 4.57. The SMILES string of the molecule is Cc1c(C=O)cc2c(-c3ccnc(Cl)c3)ccn2c1C(C)N1CCN(CC(F)(F)F)CC1. The summed E-state index contributed by atoms with van der Waals surface area (Å²) in [5.74, 6) is 0. The second-order valence-corrected chi connectivity index (χ2v) is 8.57. The molecule has 1 saturated heterocycles. The predicted octanol–water partition coefficient (Wildman–Crippen LogP) is 5.02. The van der Waals surface area contributed by atoms with Crippen molar-refractivity contribution < 1.29 is 18.0 Å². The van der Waals surface area contributed by atoms with E-state index >= 15 is 0 Å². The molecular weight excluding hydrogens is 441 g/mol. The Morgan fingerprint density at radius 3 is 2.53 bits per heavy atom. The van der Waals surface area contributed by atoms with Gasteiger partial charge in [-0.25, -0.2) is 4.98 Å². The van der Waals surface area contributed by atoms with Crippen LogP contribution in [0, 0.1) is 6.92 Å². The summed E-state index contributed by atoms with van der Waals surface area (Å²) in [4.78, 5) is 19.5. The van der Waals surface area contributed by atoms with Crippen LogP contribution in [0.4, 0.5) is 13.2 Å². The van der Waals surface area contributed by atoms with Gasteiger partial charge in [0.1, 0.15) is 11.4 Å². The minimum atomic E-state index is -4.19. The van der Waals surface area contributed by atoms with E-state index in [1.807, 2.05) is 38.2 Å². The molecule has 170 valence electrons. The van der Waals surface area contributed by atoms with Crippen LogP contribution in [-0.4, -0.2) is 64.4 Å². The van der Waals surface area contributed by atoms with Gasteiger partial charge in [-0.3, -0.25) is 14.6 Å². The molecule has 3 aromatic rings. The largest absolute Gasteiger partial charge is 0.401 e. The highest BCUT2D eigenvalue weighted by Gasteiger charge is 2.33. The Bertz CT molecular complexity index is 1140. The standard InChI is InChI=1S/C23H24ClF3N4O/c1-15-18(13-32)11-20-19(17-3-5-28-21(24)12-17)4-6-31(20)22(15)16(2)30-9-7-29(8-10-30)14-23(25,26)27/h3-6,11-13,16H,7-10,14H2,1-2H3. The fraction of sp³-hybridized carbons (Fsp3) is 0.391. The quantitative estimate of drug-likeness (QED) is 0.393. The number of aromatic nitrogens is 2. The van der Waals surface area contributed by atoms with Gasteiger partial charge in [-0.15, -0.1) is 0 Å². The lowest BCUT2D eigenvalue weighted by Gasteiger charge is -2.39. The van der Waals surface area contributed by atoms with Crippen LogP contribution in [-0.2, 0) is 0 Å². The van der Waals surface area contributed by atoms with Gasteiger partial charge in [0.05, 0.1) is 12.1 Å². The van der Waals surface area contributed by atoms with Crippen molar-refractivity contribution in [2.45, 2.75) is 26.1 Å². The highest BCUT2D eigenvalue weighted by Crippen LogP contribution is 2.34. The van der Waals surface area contributed by atoms with Crippen LogP contribution in [0.25, 0.3) is 16.6 Å². The molecule has 5 nitrogen and oxygen atoms in total. The van der Waals surface area contributed by atoms with Crippen molar-refractivity contribution in [3.63, 3.8) is 0 Å². The van der Waals surface area contributed by atoms with Gasteiger partial charge in [0.15, 0.2) is 0 Å². The Kier molecular flexibility index (Phi) is 6.29. The average Bonchev–Trinajstić information content (AvgIpc) is 3.15. The summed E-state index contributed by atoms with van der Waals surface area (Å²) in [5, 5.41) is 0.384. The molecule has 0 amide bonds. The monoisotopic (exact) mass is 464 g/mol. The van der Waals surface area contributed by atoms with Crippen LogP contribution in [0.2, 0.25) is 5.15 Å². The molecule has 0 aromatic carbocycles. The molecule has 1 unspecified atom stereocenters. The van der Waals surface area contributed by atoms with Crippen molar-refractivity contribution in [2.24, 2.45) is 0 Å². The number of hydrogen-bond donors (Lipinski definition) is 0. The number of pyridine rings is 2. The number of carbonyl (C=O) groups is 1.